The zero-order chi connectivity index (χ0) is 18.8. The third-order valence-electron chi connectivity index (χ3n) is 6.02. The first-order valence-corrected chi connectivity index (χ1v) is 9.50. The van der Waals surface area contributed by atoms with Crippen molar-refractivity contribution in [2.75, 3.05) is 13.1 Å². The Morgan fingerprint density at radius 3 is 2.52 bits per heavy atom. The van der Waals surface area contributed by atoms with Crippen LogP contribution in [0.5, 0.6) is 0 Å². The first-order chi connectivity index (χ1) is 12.3. The van der Waals surface area contributed by atoms with E-state index in [1.807, 2.05) is 0 Å². The van der Waals surface area contributed by atoms with Crippen LogP contribution < -0.4 is 10.6 Å². The second-order valence-electron chi connectivity index (χ2n) is 7.83. The van der Waals surface area contributed by atoms with Gasteiger partial charge < -0.3 is 10.6 Å². The number of piperidine rings is 1. The highest BCUT2D eigenvalue weighted by atomic mass is 35.5. The third kappa shape index (κ3) is 5.17. The van der Waals surface area contributed by atoms with Crippen LogP contribution in [0.3, 0.4) is 0 Å². The van der Waals surface area contributed by atoms with Crippen LogP contribution in [0.25, 0.3) is 0 Å². The molecule has 1 saturated heterocycles. The van der Waals surface area contributed by atoms with Crippen molar-refractivity contribution in [3.8, 4) is 0 Å². The molecule has 1 aromatic rings. The van der Waals surface area contributed by atoms with Gasteiger partial charge in [-0.25, -0.2) is 0 Å². The highest BCUT2D eigenvalue weighted by molar-refractivity contribution is 5.85. The van der Waals surface area contributed by atoms with Crippen LogP contribution >= 0.6 is 12.4 Å². The molecule has 1 aliphatic heterocycles. The van der Waals surface area contributed by atoms with Gasteiger partial charge in [0, 0.05) is 6.42 Å². The molecule has 3 rings (SSSR count). The highest BCUT2D eigenvalue weighted by Crippen LogP contribution is 2.43. The van der Waals surface area contributed by atoms with E-state index in [-0.39, 0.29) is 24.2 Å². The van der Waals surface area contributed by atoms with Gasteiger partial charge in [-0.2, -0.15) is 13.2 Å². The van der Waals surface area contributed by atoms with E-state index in [1.165, 1.54) is 12.1 Å². The quantitative estimate of drug-likeness (QED) is 0.750. The second kappa shape index (κ2) is 8.82. The number of benzene rings is 1. The van der Waals surface area contributed by atoms with Crippen molar-refractivity contribution in [2.24, 2.45) is 11.8 Å². The summed E-state index contributed by atoms with van der Waals surface area (Å²) in [5.74, 6) is 0.775. The molecular formula is C20H28ClF3N2O. The van der Waals surface area contributed by atoms with Crippen molar-refractivity contribution >= 4 is 18.3 Å². The number of hydrogen-bond acceptors (Lipinski definition) is 2. The van der Waals surface area contributed by atoms with Crippen LogP contribution in [0.15, 0.2) is 24.3 Å². The normalized spacial score (nSPS) is 20.9. The smallest absolute Gasteiger partial charge is 0.347 e. The molecule has 1 unspecified atom stereocenters. The molecule has 0 aromatic heterocycles. The molecule has 7 heteroatoms. The molecule has 1 aromatic carbocycles. The maximum atomic E-state index is 13.0. The summed E-state index contributed by atoms with van der Waals surface area (Å²) < 4.78 is 39.1. The maximum absolute atomic E-state index is 13.0. The topological polar surface area (TPSA) is 41.1 Å². The summed E-state index contributed by atoms with van der Waals surface area (Å²) in [7, 11) is 0. The highest BCUT2D eigenvalue weighted by Gasteiger charge is 2.41. The van der Waals surface area contributed by atoms with Gasteiger partial charge in [0.05, 0.1) is 11.1 Å². The fourth-order valence-electron chi connectivity index (χ4n) is 4.20. The van der Waals surface area contributed by atoms with Crippen molar-refractivity contribution in [3.05, 3.63) is 35.4 Å². The number of carbonyl (C=O) groups is 1. The monoisotopic (exact) mass is 404 g/mol. The fourth-order valence-corrected chi connectivity index (χ4v) is 4.20. The lowest BCUT2D eigenvalue weighted by Crippen LogP contribution is -2.51. The number of nitrogens with one attached hydrogen (secondary N) is 2. The van der Waals surface area contributed by atoms with Gasteiger partial charge in [-0.15, -0.1) is 12.4 Å². The molecule has 152 valence electrons. The van der Waals surface area contributed by atoms with Crippen molar-refractivity contribution < 1.29 is 18.0 Å². The van der Waals surface area contributed by atoms with Crippen LogP contribution in [-0.4, -0.2) is 19.0 Å². The number of halogens is 4. The molecule has 1 aliphatic carbocycles. The number of hydrogen-bond donors (Lipinski definition) is 2. The van der Waals surface area contributed by atoms with E-state index in [1.54, 1.807) is 6.07 Å². The molecule has 1 saturated carbocycles. The van der Waals surface area contributed by atoms with Crippen LogP contribution in [0.4, 0.5) is 13.2 Å². The zero-order valence-corrected chi connectivity index (χ0v) is 16.4. The molecular weight excluding hydrogens is 377 g/mol. The van der Waals surface area contributed by atoms with Gasteiger partial charge in [0.2, 0.25) is 5.91 Å². The van der Waals surface area contributed by atoms with Gasteiger partial charge in [0.25, 0.3) is 0 Å². The minimum Gasteiger partial charge on any atom is -0.347 e. The largest absolute Gasteiger partial charge is 0.416 e. The molecule has 0 radical (unpaired) electrons. The molecule has 0 spiro atoms. The molecule has 1 heterocycles. The van der Waals surface area contributed by atoms with Crippen molar-refractivity contribution in [1.82, 2.24) is 10.6 Å². The Morgan fingerprint density at radius 2 is 1.96 bits per heavy atom. The third-order valence-corrected chi connectivity index (χ3v) is 6.02. The average molecular weight is 405 g/mol. The number of carbonyl (C=O) groups excluding carboxylic acids is 1. The SMILES string of the molecule is CC(CC(=O)NC1(c2cccc(C(F)(F)F)c2)CCC1)C1CCNCC1.Cl. The van der Waals surface area contributed by atoms with Gasteiger partial charge >= 0.3 is 6.18 Å². The first-order valence-electron chi connectivity index (χ1n) is 9.50. The van der Waals surface area contributed by atoms with Gasteiger partial charge in [-0.1, -0.05) is 19.1 Å². The molecule has 0 bridgehead atoms. The van der Waals surface area contributed by atoms with Gasteiger partial charge in [0.15, 0.2) is 0 Å². The lowest BCUT2D eigenvalue weighted by molar-refractivity contribution is -0.137. The predicted molar refractivity (Wildman–Crippen MR) is 102 cm³/mol. The van der Waals surface area contributed by atoms with Crippen molar-refractivity contribution in [1.29, 1.82) is 0 Å². The van der Waals surface area contributed by atoms with Gasteiger partial charge in [-0.05, 0) is 74.7 Å². The lowest BCUT2D eigenvalue weighted by Gasteiger charge is -2.43. The van der Waals surface area contributed by atoms with E-state index in [9.17, 15) is 18.0 Å². The number of alkyl halides is 3. The summed E-state index contributed by atoms with van der Waals surface area (Å²) in [6.07, 6.45) is 0.532. The van der Waals surface area contributed by atoms with Crippen LogP contribution in [-0.2, 0) is 16.5 Å². The summed E-state index contributed by atoms with van der Waals surface area (Å²) in [6.45, 7) is 4.09. The Morgan fingerprint density at radius 1 is 1.30 bits per heavy atom. The summed E-state index contributed by atoms with van der Waals surface area (Å²) in [4.78, 5) is 12.6. The van der Waals surface area contributed by atoms with E-state index in [4.69, 9.17) is 0 Å². The van der Waals surface area contributed by atoms with E-state index in [0.717, 1.165) is 38.4 Å². The molecule has 2 fully saturated rings. The molecule has 1 amide bonds. The van der Waals surface area contributed by atoms with Gasteiger partial charge in [-0.3, -0.25) is 4.79 Å². The summed E-state index contributed by atoms with van der Waals surface area (Å²) >= 11 is 0. The molecule has 2 aliphatic rings. The second-order valence-corrected chi connectivity index (χ2v) is 7.83. The Kier molecular flexibility index (Phi) is 7.20. The Labute approximate surface area is 164 Å². The van der Waals surface area contributed by atoms with Crippen molar-refractivity contribution in [3.63, 3.8) is 0 Å². The zero-order valence-electron chi connectivity index (χ0n) is 15.6. The Bertz CT molecular complexity index is 640. The van der Waals surface area contributed by atoms with Crippen LogP contribution in [0.2, 0.25) is 0 Å². The van der Waals surface area contributed by atoms with E-state index < -0.39 is 17.3 Å². The van der Waals surface area contributed by atoms with Crippen LogP contribution in [0.1, 0.15) is 56.6 Å². The first kappa shape index (κ1) is 22.0. The predicted octanol–water partition coefficient (Wildman–Crippen LogP) is 4.65. The number of rotatable bonds is 5. The Hall–Kier alpha value is -1.27. The standard InChI is InChI=1S/C20H27F3N2O.ClH/c1-14(15-6-10-24-11-7-15)12-18(26)25-19(8-3-9-19)16-4-2-5-17(13-16)20(21,22)23;/h2,4-5,13-15,24H,3,6-12H2,1H3,(H,25,26);1H. The molecule has 1 atom stereocenters. The molecule has 27 heavy (non-hydrogen) atoms. The van der Waals surface area contributed by atoms with Crippen LogP contribution in [0, 0.1) is 11.8 Å². The lowest BCUT2D eigenvalue weighted by atomic mass is 9.71. The molecule has 3 nitrogen and oxygen atoms in total. The van der Waals surface area contributed by atoms with Crippen molar-refractivity contribution in [2.45, 2.75) is 57.2 Å². The van der Waals surface area contributed by atoms with E-state index in [0.29, 0.717) is 30.7 Å². The summed E-state index contributed by atoms with van der Waals surface area (Å²) in [5, 5.41) is 6.40. The Balaban J connectivity index is 0.00000261. The maximum Gasteiger partial charge on any atom is 0.416 e. The minimum atomic E-state index is -4.37. The summed E-state index contributed by atoms with van der Waals surface area (Å²) in [5.41, 5.74) is -0.716. The van der Waals surface area contributed by atoms with E-state index >= 15 is 0 Å². The molecule has 2 N–H and O–H groups in total. The minimum absolute atomic E-state index is 0. The fraction of sp³-hybridized carbons (Fsp3) is 0.650. The summed E-state index contributed by atoms with van der Waals surface area (Å²) in [6, 6.07) is 5.40. The number of amides is 1. The average Bonchev–Trinajstić information content (AvgIpc) is 2.58. The van der Waals surface area contributed by atoms with E-state index in [2.05, 4.69) is 17.6 Å². The van der Waals surface area contributed by atoms with Gasteiger partial charge in [0.1, 0.15) is 0 Å².